The number of carbonyl (C=O) groups is 3. The molecule has 0 aromatic rings. The predicted octanol–water partition coefficient (Wildman–Crippen LogP) is -0.527. The number of hydrogen-bond donors (Lipinski definition) is 1. The molecule has 0 atom stereocenters. The number of hydroxylamine groups is 2. The quantitative estimate of drug-likeness (QED) is 0.302. The van der Waals surface area contributed by atoms with Crippen molar-refractivity contribution in [3.8, 4) is 0 Å². The van der Waals surface area contributed by atoms with Crippen molar-refractivity contribution in [1.82, 2.24) is 5.06 Å². The highest BCUT2D eigenvalue weighted by Crippen LogP contribution is 2.32. The highest BCUT2D eigenvalue weighted by atomic mass is 16.6. The van der Waals surface area contributed by atoms with E-state index >= 15 is 0 Å². The Balaban J connectivity index is 2.91. The SMILES string of the molecule is CCOC(=O)C1(C(=O)OCC)CC(=O)N1O. The van der Waals surface area contributed by atoms with Gasteiger partial charge in [0.15, 0.2) is 0 Å². The molecule has 0 aromatic carbocycles. The van der Waals surface area contributed by atoms with Crippen LogP contribution in [-0.4, -0.2) is 46.9 Å². The fraction of sp³-hybridized carbons (Fsp3) is 0.667. The van der Waals surface area contributed by atoms with Gasteiger partial charge < -0.3 is 9.47 Å². The molecule has 0 aromatic heterocycles. The number of nitrogens with zero attached hydrogens (tertiary/aromatic N) is 1. The second-order valence-electron chi connectivity index (χ2n) is 3.18. The van der Waals surface area contributed by atoms with Gasteiger partial charge in [0.1, 0.15) is 0 Å². The maximum Gasteiger partial charge on any atom is 0.347 e. The first-order chi connectivity index (χ1) is 7.50. The largest absolute Gasteiger partial charge is 0.464 e. The van der Waals surface area contributed by atoms with Crippen molar-refractivity contribution < 1.29 is 29.1 Å². The van der Waals surface area contributed by atoms with Crippen LogP contribution in [0.4, 0.5) is 0 Å². The third-order valence-corrected chi connectivity index (χ3v) is 2.23. The minimum Gasteiger partial charge on any atom is -0.464 e. The summed E-state index contributed by atoms with van der Waals surface area (Å²) in [6, 6.07) is 0. The highest BCUT2D eigenvalue weighted by Gasteiger charge is 2.65. The summed E-state index contributed by atoms with van der Waals surface area (Å²) in [4.78, 5) is 34.0. The van der Waals surface area contributed by atoms with Gasteiger partial charge in [-0.3, -0.25) is 10.0 Å². The van der Waals surface area contributed by atoms with E-state index in [0.29, 0.717) is 0 Å². The highest BCUT2D eigenvalue weighted by molar-refractivity contribution is 6.14. The van der Waals surface area contributed by atoms with Gasteiger partial charge in [-0.1, -0.05) is 0 Å². The molecule has 0 radical (unpaired) electrons. The molecule has 7 nitrogen and oxygen atoms in total. The van der Waals surface area contributed by atoms with Crippen molar-refractivity contribution in [3.63, 3.8) is 0 Å². The Bertz CT molecular complexity index is 308. The van der Waals surface area contributed by atoms with Crippen LogP contribution in [0.2, 0.25) is 0 Å². The molecule has 1 rings (SSSR count). The van der Waals surface area contributed by atoms with Crippen molar-refractivity contribution in [2.45, 2.75) is 25.8 Å². The van der Waals surface area contributed by atoms with E-state index in [-0.39, 0.29) is 18.3 Å². The number of ether oxygens (including phenoxy) is 2. The van der Waals surface area contributed by atoms with Crippen molar-refractivity contribution in [1.29, 1.82) is 0 Å². The average molecular weight is 231 g/mol. The van der Waals surface area contributed by atoms with Gasteiger partial charge in [0, 0.05) is 0 Å². The van der Waals surface area contributed by atoms with Crippen LogP contribution in [0, 0.1) is 0 Å². The van der Waals surface area contributed by atoms with Gasteiger partial charge in [0.05, 0.1) is 19.6 Å². The van der Waals surface area contributed by atoms with Crippen LogP contribution in [0.15, 0.2) is 0 Å². The van der Waals surface area contributed by atoms with Crippen molar-refractivity contribution in [3.05, 3.63) is 0 Å². The molecule has 0 unspecified atom stereocenters. The first-order valence-corrected chi connectivity index (χ1v) is 4.87. The van der Waals surface area contributed by atoms with E-state index in [2.05, 4.69) is 9.47 Å². The molecule has 1 amide bonds. The van der Waals surface area contributed by atoms with Gasteiger partial charge in [0.25, 0.3) is 11.4 Å². The van der Waals surface area contributed by atoms with Gasteiger partial charge in [0.2, 0.25) is 0 Å². The van der Waals surface area contributed by atoms with Crippen LogP contribution < -0.4 is 0 Å². The maximum atomic E-state index is 11.5. The van der Waals surface area contributed by atoms with E-state index in [9.17, 15) is 19.6 Å². The zero-order valence-electron chi connectivity index (χ0n) is 9.06. The van der Waals surface area contributed by atoms with Crippen LogP contribution in [0.1, 0.15) is 20.3 Å². The van der Waals surface area contributed by atoms with Crippen LogP contribution in [-0.2, 0) is 23.9 Å². The maximum absolute atomic E-state index is 11.5. The third-order valence-electron chi connectivity index (χ3n) is 2.23. The Labute approximate surface area is 91.9 Å². The lowest BCUT2D eigenvalue weighted by Gasteiger charge is -2.42. The summed E-state index contributed by atoms with van der Waals surface area (Å²) in [7, 11) is 0. The Morgan fingerprint density at radius 2 is 1.75 bits per heavy atom. The van der Waals surface area contributed by atoms with E-state index < -0.39 is 29.8 Å². The summed E-state index contributed by atoms with van der Waals surface area (Å²) in [5.41, 5.74) is -2.01. The van der Waals surface area contributed by atoms with Gasteiger partial charge in [-0.25, -0.2) is 9.59 Å². The molecule has 7 heteroatoms. The molecule has 1 saturated heterocycles. The Hall–Kier alpha value is -1.63. The molecule has 0 bridgehead atoms. The van der Waals surface area contributed by atoms with E-state index in [1.165, 1.54) is 0 Å². The standard InChI is InChI=1S/C9H13NO6/c1-3-15-7(12)9(8(13)16-4-2)5-6(11)10(9)14/h14H,3-5H2,1-2H3. The van der Waals surface area contributed by atoms with E-state index in [0.717, 1.165) is 0 Å². The number of hydrogen-bond acceptors (Lipinski definition) is 6. The lowest BCUT2D eigenvalue weighted by molar-refractivity contribution is -0.241. The second-order valence-corrected chi connectivity index (χ2v) is 3.18. The summed E-state index contributed by atoms with van der Waals surface area (Å²) in [6.45, 7) is 3.20. The Morgan fingerprint density at radius 3 is 2.00 bits per heavy atom. The second kappa shape index (κ2) is 4.48. The molecular weight excluding hydrogens is 218 g/mol. The van der Waals surface area contributed by atoms with Crippen LogP contribution in [0.25, 0.3) is 0 Å². The summed E-state index contributed by atoms with van der Waals surface area (Å²) in [6.07, 6.45) is -0.429. The molecule has 1 heterocycles. The van der Waals surface area contributed by atoms with Gasteiger partial charge >= 0.3 is 11.9 Å². The molecule has 16 heavy (non-hydrogen) atoms. The molecule has 0 saturated carbocycles. The monoisotopic (exact) mass is 231 g/mol. The molecule has 0 spiro atoms. The molecule has 1 aliphatic rings. The number of rotatable bonds is 4. The van der Waals surface area contributed by atoms with Crippen molar-refractivity contribution in [2.75, 3.05) is 13.2 Å². The summed E-state index contributed by atoms with van der Waals surface area (Å²) >= 11 is 0. The molecule has 1 N–H and O–H groups in total. The lowest BCUT2D eigenvalue weighted by Crippen LogP contribution is -2.71. The zero-order valence-corrected chi connectivity index (χ0v) is 9.06. The molecule has 1 aliphatic heterocycles. The number of β-lactam (4-membered cyclic amide) rings is 1. The van der Waals surface area contributed by atoms with Gasteiger partial charge in [-0.2, -0.15) is 5.06 Å². The van der Waals surface area contributed by atoms with Crippen LogP contribution in [0.3, 0.4) is 0 Å². The normalized spacial score (nSPS) is 17.7. The lowest BCUT2D eigenvalue weighted by atomic mass is 9.86. The van der Waals surface area contributed by atoms with Crippen molar-refractivity contribution >= 4 is 17.8 Å². The fourth-order valence-electron chi connectivity index (χ4n) is 1.39. The molecular formula is C9H13NO6. The Morgan fingerprint density at radius 1 is 1.31 bits per heavy atom. The first-order valence-electron chi connectivity index (χ1n) is 4.87. The number of carbonyl (C=O) groups excluding carboxylic acids is 3. The summed E-state index contributed by atoms with van der Waals surface area (Å²) in [5.74, 6) is -2.67. The smallest absolute Gasteiger partial charge is 0.347 e. The van der Waals surface area contributed by atoms with E-state index in [4.69, 9.17) is 0 Å². The summed E-state index contributed by atoms with van der Waals surface area (Å²) in [5, 5.41) is 9.38. The predicted molar refractivity (Wildman–Crippen MR) is 49.2 cm³/mol. The van der Waals surface area contributed by atoms with E-state index in [1.54, 1.807) is 13.8 Å². The number of esters is 2. The molecule has 0 aliphatic carbocycles. The van der Waals surface area contributed by atoms with Gasteiger partial charge in [-0.15, -0.1) is 0 Å². The van der Waals surface area contributed by atoms with Crippen LogP contribution >= 0.6 is 0 Å². The van der Waals surface area contributed by atoms with Crippen LogP contribution in [0.5, 0.6) is 0 Å². The van der Waals surface area contributed by atoms with E-state index in [1.807, 2.05) is 0 Å². The average Bonchev–Trinajstić information content (AvgIpc) is 2.25. The minimum absolute atomic E-state index is 0.0437. The first kappa shape index (κ1) is 12.4. The zero-order chi connectivity index (χ0) is 12.3. The topological polar surface area (TPSA) is 93.1 Å². The number of amides is 1. The third kappa shape index (κ3) is 1.63. The molecule has 90 valence electrons. The minimum atomic E-state index is -2.01. The van der Waals surface area contributed by atoms with Crippen molar-refractivity contribution in [2.24, 2.45) is 0 Å². The summed E-state index contributed by atoms with van der Waals surface area (Å²) < 4.78 is 9.28. The van der Waals surface area contributed by atoms with Gasteiger partial charge in [-0.05, 0) is 13.8 Å². The Kier molecular flexibility index (Phi) is 3.48. The fourth-order valence-corrected chi connectivity index (χ4v) is 1.39. The molecule has 1 fully saturated rings.